The zero-order chi connectivity index (χ0) is 26.2. The monoisotopic (exact) mass is 460 g/mol. The number of benzene rings is 1. The lowest BCUT2D eigenvalue weighted by molar-refractivity contribution is -0.135. The van der Waals surface area contributed by atoms with Crippen molar-refractivity contribution in [2.75, 3.05) is 0 Å². The van der Waals surface area contributed by atoms with Gasteiger partial charge in [-0.3, -0.25) is 24.0 Å². The first-order valence-corrected chi connectivity index (χ1v) is 8.13. The molecule has 0 amide bonds. The topological polar surface area (TPSA) is 247 Å². The Kier molecular flexibility index (Phi) is 16.3. The molecule has 2 aromatic carbocycles. The van der Waals surface area contributed by atoms with Gasteiger partial charge < -0.3 is 40.9 Å². The first kappa shape index (κ1) is 32.1. The van der Waals surface area contributed by atoms with Gasteiger partial charge in [-0.1, -0.05) is 12.1 Å². The Bertz CT molecular complexity index is 932. The van der Waals surface area contributed by atoms with Gasteiger partial charge in [0.2, 0.25) is 11.2 Å². The molecule has 0 aliphatic rings. The van der Waals surface area contributed by atoms with Crippen molar-refractivity contribution in [1.29, 1.82) is 0 Å². The van der Waals surface area contributed by atoms with Crippen molar-refractivity contribution < 1.29 is 60.0 Å². The van der Waals surface area contributed by atoms with Crippen LogP contribution in [-0.4, -0.2) is 64.7 Å². The standard InChI is InChI=1S/C11H8O5.4C2H4O2/c12-6-3-1-2-5-4-7(13)10(15)11(16)8(5)9(6)14;4*1-2(3)4/h1-4,13,15-16H,(H,12,14);4*1H3,(H,3,4). The van der Waals surface area contributed by atoms with Gasteiger partial charge >= 0.3 is 0 Å². The number of hydrogen-bond acceptors (Lipinski definition) is 9. The molecule has 13 heteroatoms. The summed E-state index contributed by atoms with van der Waals surface area (Å²) in [4.78, 5) is 47.6. The highest BCUT2D eigenvalue weighted by molar-refractivity contribution is 5.92. The predicted molar refractivity (Wildman–Crippen MR) is 110 cm³/mol. The van der Waals surface area contributed by atoms with Crippen LogP contribution < -0.4 is 5.43 Å². The van der Waals surface area contributed by atoms with E-state index in [9.17, 15) is 25.2 Å². The van der Waals surface area contributed by atoms with E-state index in [0.717, 1.165) is 39.8 Å². The van der Waals surface area contributed by atoms with Crippen LogP contribution in [0.2, 0.25) is 0 Å². The quantitative estimate of drug-likeness (QED) is 0.259. The van der Waals surface area contributed by atoms with E-state index in [1.165, 1.54) is 12.1 Å². The van der Waals surface area contributed by atoms with Gasteiger partial charge in [-0.25, -0.2) is 0 Å². The van der Waals surface area contributed by atoms with Gasteiger partial charge in [0.05, 0.1) is 5.39 Å². The summed E-state index contributed by atoms with van der Waals surface area (Å²) in [6.45, 7) is 4.33. The number of carboxylic acid groups (broad SMARTS) is 4. The van der Waals surface area contributed by atoms with Gasteiger partial charge in [0.1, 0.15) is 0 Å². The second-order valence-corrected chi connectivity index (χ2v) is 5.37. The molecule has 0 radical (unpaired) electrons. The Morgan fingerprint density at radius 2 is 0.969 bits per heavy atom. The molecule has 0 bridgehead atoms. The minimum Gasteiger partial charge on any atom is -0.504 e. The van der Waals surface area contributed by atoms with E-state index in [2.05, 4.69) is 0 Å². The van der Waals surface area contributed by atoms with Crippen molar-refractivity contribution in [2.24, 2.45) is 0 Å². The fraction of sp³-hybridized carbons (Fsp3) is 0.211. The van der Waals surface area contributed by atoms with Crippen molar-refractivity contribution in [3.05, 3.63) is 34.5 Å². The van der Waals surface area contributed by atoms with Crippen LogP contribution in [-0.2, 0) is 19.2 Å². The number of aromatic hydroxyl groups is 4. The van der Waals surface area contributed by atoms with Crippen LogP contribution in [0, 0.1) is 0 Å². The van der Waals surface area contributed by atoms with E-state index < -0.39 is 52.3 Å². The number of carboxylic acids is 4. The normalized spacial score (nSPS) is 8.38. The van der Waals surface area contributed by atoms with Crippen molar-refractivity contribution in [2.45, 2.75) is 27.7 Å². The van der Waals surface area contributed by atoms with Crippen LogP contribution in [0.15, 0.2) is 29.1 Å². The lowest BCUT2D eigenvalue weighted by Crippen LogP contribution is -1.97. The molecule has 0 fully saturated rings. The lowest BCUT2D eigenvalue weighted by Gasteiger charge is -2.02. The van der Waals surface area contributed by atoms with Gasteiger partial charge in [0.15, 0.2) is 17.2 Å². The third-order valence-corrected chi connectivity index (χ3v) is 2.27. The molecule has 0 spiro atoms. The highest BCUT2D eigenvalue weighted by atomic mass is 16.4. The molecule has 2 aromatic rings. The number of rotatable bonds is 0. The maximum atomic E-state index is 11.6. The second kappa shape index (κ2) is 16.3. The van der Waals surface area contributed by atoms with Gasteiger partial charge in [-0.05, 0) is 17.5 Å². The molecule has 0 aromatic heterocycles. The molecule has 13 nitrogen and oxygen atoms in total. The van der Waals surface area contributed by atoms with Crippen molar-refractivity contribution in [3.63, 3.8) is 0 Å². The molecule has 178 valence electrons. The lowest BCUT2D eigenvalue weighted by atomic mass is 10.1. The van der Waals surface area contributed by atoms with Gasteiger partial charge in [0.25, 0.3) is 23.9 Å². The first-order chi connectivity index (χ1) is 14.4. The summed E-state index contributed by atoms with van der Waals surface area (Å²) in [6.07, 6.45) is 0. The Labute approximate surface area is 180 Å². The van der Waals surface area contributed by atoms with Gasteiger partial charge in [-0.15, -0.1) is 0 Å². The van der Waals surface area contributed by atoms with Crippen molar-refractivity contribution in [3.8, 4) is 23.0 Å². The Morgan fingerprint density at radius 3 is 1.31 bits per heavy atom. The average Bonchev–Trinajstić information content (AvgIpc) is 2.70. The molecule has 32 heavy (non-hydrogen) atoms. The highest BCUT2D eigenvalue weighted by Crippen LogP contribution is 2.39. The molecule has 0 aliphatic heterocycles. The Morgan fingerprint density at radius 1 is 0.625 bits per heavy atom. The van der Waals surface area contributed by atoms with Crippen LogP contribution in [0.1, 0.15) is 27.7 Å². The largest absolute Gasteiger partial charge is 0.504 e. The molecular weight excluding hydrogens is 436 g/mol. The molecule has 0 atom stereocenters. The van der Waals surface area contributed by atoms with Crippen LogP contribution in [0.25, 0.3) is 10.8 Å². The molecule has 0 saturated heterocycles. The van der Waals surface area contributed by atoms with Crippen LogP contribution in [0.5, 0.6) is 23.0 Å². The van der Waals surface area contributed by atoms with E-state index in [1.807, 2.05) is 0 Å². The van der Waals surface area contributed by atoms with Crippen LogP contribution in [0.4, 0.5) is 0 Å². The Balaban J connectivity index is -0.000000432. The summed E-state index contributed by atoms with van der Waals surface area (Å²) < 4.78 is 0. The number of phenolic OH excluding ortho intramolecular Hbond substituents is 3. The fourth-order valence-corrected chi connectivity index (χ4v) is 1.48. The predicted octanol–water partition coefficient (Wildman–Crippen LogP) is 1.39. The number of fused-ring (bicyclic) bond motifs is 1. The number of hydrogen-bond donors (Lipinski definition) is 8. The highest BCUT2D eigenvalue weighted by Gasteiger charge is 2.14. The molecule has 0 heterocycles. The summed E-state index contributed by atoms with van der Waals surface area (Å²) in [5.41, 5.74) is -0.812. The maximum Gasteiger partial charge on any atom is 0.300 e. The fourth-order valence-electron chi connectivity index (χ4n) is 1.48. The Hall–Kier alpha value is -4.55. The zero-order valence-corrected chi connectivity index (χ0v) is 17.4. The number of aliphatic carboxylic acids is 4. The van der Waals surface area contributed by atoms with Crippen LogP contribution >= 0.6 is 0 Å². The number of phenols is 3. The van der Waals surface area contributed by atoms with Gasteiger partial charge in [-0.2, -0.15) is 0 Å². The molecule has 2 rings (SSSR count). The molecule has 0 unspecified atom stereocenters. The average molecular weight is 460 g/mol. The summed E-state index contributed by atoms with van der Waals surface area (Å²) in [5.74, 6) is -5.94. The van der Waals surface area contributed by atoms with E-state index >= 15 is 0 Å². The third kappa shape index (κ3) is 17.5. The smallest absolute Gasteiger partial charge is 0.300 e. The zero-order valence-electron chi connectivity index (χ0n) is 17.4. The van der Waals surface area contributed by atoms with E-state index in [1.54, 1.807) is 0 Å². The van der Waals surface area contributed by atoms with E-state index in [-0.39, 0.29) is 10.8 Å². The van der Waals surface area contributed by atoms with Gasteiger partial charge in [0, 0.05) is 27.7 Å². The summed E-state index contributed by atoms with van der Waals surface area (Å²) in [7, 11) is 0. The van der Waals surface area contributed by atoms with Crippen LogP contribution in [0.3, 0.4) is 0 Å². The first-order valence-electron chi connectivity index (χ1n) is 8.13. The van der Waals surface area contributed by atoms with E-state index in [0.29, 0.717) is 0 Å². The second-order valence-electron chi connectivity index (χ2n) is 5.37. The maximum absolute atomic E-state index is 11.6. The summed E-state index contributed by atoms with van der Waals surface area (Å²) >= 11 is 0. The molecular formula is C19H24O13. The minimum atomic E-state index is -0.833. The van der Waals surface area contributed by atoms with Crippen molar-refractivity contribution in [1.82, 2.24) is 0 Å². The third-order valence-electron chi connectivity index (χ3n) is 2.27. The summed E-state index contributed by atoms with van der Waals surface area (Å²) in [5, 5.41) is 67.0. The summed E-state index contributed by atoms with van der Waals surface area (Å²) in [6, 6.07) is 5.12. The van der Waals surface area contributed by atoms with E-state index in [4.69, 9.17) is 39.6 Å². The molecule has 0 aliphatic carbocycles. The molecule has 8 N–H and O–H groups in total. The molecule has 0 saturated carbocycles. The number of carbonyl (C=O) groups is 4. The minimum absolute atomic E-state index is 0.220. The SMILES string of the molecule is CC(=O)O.CC(=O)O.CC(=O)O.CC(=O)O.O=c1c(O)cccc2cc(O)c(O)c(O)c12. The van der Waals surface area contributed by atoms with Crippen molar-refractivity contribution >= 4 is 34.6 Å².